The number of para-hydroxylation sites is 1. The molecule has 0 amide bonds. The molecule has 0 atom stereocenters. The summed E-state index contributed by atoms with van der Waals surface area (Å²) in [6.45, 7) is 0. The Kier molecular flexibility index (Phi) is 3.19. The van der Waals surface area contributed by atoms with Crippen LogP contribution in [0.3, 0.4) is 0 Å². The standard InChI is InChI=1S/C15H12N2O4/c1-20-13-5-3-2-4-11(13)15-17-16-14(21-15)10-7-6-9(18)8-12(10)19/h2-8,18-19H,1H3. The Morgan fingerprint density at radius 1 is 0.952 bits per heavy atom. The van der Waals surface area contributed by atoms with Crippen molar-refractivity contribution < 1.29 is 19.4 Å². The number of phenolic OH excluding ortho intramolecular Hbond substituents is 2. The first kappa shape index (κ1) is 13.0. The summed E-state index contributed by atoms with van der Waals surface area (Å²) >= 11 is 0. The smallest absolute Gasteiger partial charge is 0.251 e. The predicted molar refractivity (Wildman–Crippen MR) is 75.1 cm³/mol. The molecule has 0 saturated heterocycles. The molecule has 0 fully saturated rings. The Morgan fingerprint density at radius 2 is 1.67 bits per heavy atom. The molecule has 3 aromatic rings. The Labute approximate surface area is 120 Å². The number of phenols is 2. The Morgan fingerprint density at radius 3 is 2.38 bits per heavy atom. The molecule has 0 spiro atoms. The molecule has 21 heavy (non-hydrogen) atoms. The first-order chi connectivity index (χ1) is 10.2. The van der Waals surface area contributed by atoms with Gasteiger partial charge in [-0.2, -0.15) is 0 Å². The van der Waals surface area contributed by atoms with Gasteiger partial charge in [0.2, 0.25) is 0 Å². The van der Waals surface area contributed by atoms with E-state index in [-0.39, 0.29) is 23.3 Å². The normalized spacial score (nSPS) is 10.5. The third-order valence-electron chi connectivity index (χ3n) is 2.97. The number of benzene rings is 2. The number of hydrogen-bond acceptors (Lipinski definition) is 6. The van der Waals surface area contributed by atoms with E-state index in [9.17, 15) is 10.2 Å². The number of aromatic nitrogens is 2. The van der Waals surface area contributed by atoms with Crippen molar-refractivity contribution in [1.29, 1.82) is 0 Å². The van der Waals surface area contributed by atoms with Crippen LogP contribution >= 0.6 is 0 Å². The van der Waals surface area contributed by atoms with Gasteiger partial charge in [-0.05, 0) is 24.3 Å². The zero-order valence-corrected chi connectivity index (χ0v) is 11.1. The topological polar surface area (TPSA) is 88.6 Å². The van der Waals surface area contributed by atoms with Crippen molar-refractivity contribution in [2.75, 3.05) is 7.11 Å². The van der Waals surface area contributed by atoms with Gasteiger partial charge in [0.05, 0.1) is 18.2 Å². The van der Waals surface area contributed by atoms with Crippen molar-refractivity contribution >= 4 is 0 Å². The van der Waals surface area contributed by atoms with E-state index in [1.165, 1.54) is 18.2 Å². The molecule has 106 valence electrons. The van der Waals surface area contributed by atoms with Crippen LogP contribution in [0.5, 0.6) is 17.2 Å². The average molecular weight is 284 g/mol. The summed E-state index contributed by atoms with van der Waals surface area (Å²) in [5.74, 6) is 0.886. The molecule has 0 unspecified atom stereocenters. The second-order valence-corrected chi connectivity index (χ2v) is 4.31. The molecule has 0 radical (unpaired) electrons. The molecular weight excluding hydrogens is 272 g/mol. The maximum atomic E-state index is 9.81. The molecule has 3 rings (SSSR count). The third-order valence-corrected chi connectivity index (χ3v) is 2.97. The summed E-state index contributed by atoms with van der Waals surface area (Å²) in [5.41, 5.74) is 1.01. The minimum Gasteiger partial charge on any atom is -0.508 e. The van der Waals surface area contributed by atoms with Gasteiger partial charge in [0.15, 0.2) is 0 Å². The summed E-state index contributed by atoms with van der Waals surface area (Å²) in [7, 11) is 1.56. The van der Waals surface area contributed by atoms with Crippen LogP contribution in [0.2, 0.25) is 0 Å². The van der Waals surface area contributed by atoms with Gasteiger partial charge in [0, 0.05) is 6.07 Å². The number of ether oxygens (including phenoxy) is 1. The average Bonchev–Trinajstić information content (AvgIpc) is 2.96. The molecular formula is C15H12N2O4. The molecule has 0 aliphatic heterocycles. The van der Waals surface area contributed by atoms with Gasteiger partial charge in [-0.3, -0.25) is 0 Å². The predicted octanol–water partition coefficient (Wildman–Crippen LogP) is 2.82. The molecule has 0 aliphatic rings. The minimum atomic E-state index is -0.134. The Bertz CT molecular complexity index is 783. The summed E-state index contributed by atoms with van der Waals surface area (Å²) in [5, 5.41) is 27.0. The first-order valence-electron chi connectivity index (χ1n) is 6.18. The van der Waals surface area contributed by atoms with Gasteiger partial charge < -0.3 is 19.4 Å². The second-order valence-electron chi connectivity index (χ2n) is 4.31. The van der Waals surface area contributed by atoms with Gasteiger partial charge in [-0.15, -0.1) is 10.2 Å². The van der Waals surface area contributed by atoms with E-state index >= 15 is 0 Å². The van der Waals surface area contributed by atoms with Crippen LogP contribution in [0, 0.1) is 0 Å². The number of rotatable bonds is 3. The van der Waals surface area contributed by atoms with E-state index in [1.807, 2.05) is 12.1 Å². The maximum absolute atomic E-state index is 9.81. The zero-order chi connectivity index (χ0) is 14.8. The fourth-order valence-electron chi connectivity index (χ4n) is 1.96. The molecule has 0 bridgehead atoms. The van der Waals surface area contributed by atoms with Crippen molar-refractivity contribution in [2.45, 2.75) is 0 Å². The maximum Gasteiger partial charge on any atom is 0.251 e. The van der Waals surface area contributed by atoms with E-state index in [2.05, 4.69) is 10.2 Å². The molecule has 1 heterocycles. The van der Waals surface area contributed by atoms with Crippen LogP contribution in [-0.4, -0.2) is 27.5 Å². The highest BCUT2D eigenvalue weighted by Crippen LogP contribution is 2.34. The highest BCUT2D eigenvalue weighted by atomic mass is 16.5. The lowest BCUT2D eigenvalue weighted by Crippen LogP contribution is -1.87. The monoisotopic (exact) mass is 284 g/mol. The molecule has 1 aromatic heterocycles. The highest BCUT2D eigenvalue weighted by Gasteiger charge is 2.16. The van der Waals surface area contributed by atoms with E-state index in [1.54, 1.807) is 19.2 Å². The van der Waals surface area contributed by atoms with Gasteiger partial charge in [-0.25, -0.2) is 0 Å². The van der Waals surface area contributed by atoms with Crippen LogP contribution in [0.4, 0.5) is 0 Å². The van der Waals surface area contributed by atoms with Crippen molar-refractivity contribution in [1.82, 2.24) is 10.2 Å². The highest BCUT2D eigenvalue weighted by molar-refractivity contribution is 5.67. The third kappa shape index (κ3) is 2.38. The fraction of sp³-hybridized carbons (Fsp3) is 0.0667. The fourth-order valence-corrected chi connectivity index (χ4v) is 1.96. The first-order valence-corrected chi connectivity index (χ1v) is 6.18. The second kappa shape index (κ2) is 5.16. The van der Waals surface area contributed by atoms with Crippen molar-refractivity contribution in [3.63, 3.8) is 0 Å². The largest absolute Gasteiger partial charge is 0.508 e. The molecule has 6 heteroatoms. The van der Waals surface area contributed by atoms with Crippen LogP contribution in [0.25, 0.3) is 22.9 Å². The number of aromatic hydroxyl groups is 2. The summed E-state index contributed by atoms with van der Waals surface area (Å²) in [6, 6.07) is 11.4. The van der Waals surface area contributed by atoms with Gasteiger partial charge in [-0.1, -0.05) is 12.1 Å². The number of hydrogen-bond donors (Lipinski definition) is 2. The van der Waals surface area contributed by atoms with Crippen molar-refractivity contribution in [3.8, 4) is 40.2 Å². The molecule has 0 saturated carbocycles. The Balaban J connectivity index is 2.04. The number of nitrogens with zero attached hydrogens (tertiary/aromatic N) is 2. The van der Waals surface area contributed by atoms with Gasteiger partial charge in [0.1, 0.15) is 17.2 Å². The minimum absolute atomic E-state index is 0.0410. The van der Waals surface area contributed by atoms with Crippen molar-refractivity contribution in [3.05, 3.63) is 42.5 Å². The van der Waals surface area contributed by atoms with Gasteiger partial charge >= 0.3 is 0 Å². The van der Waals surface area contributed by atoms with Gasteiger partial charge in [0.25, 0.3) is 11.8 Å². The molecule has 2 N–H and O–H groups in total. The summed E-state index contributed by atoms with van der Waals surface area (Å²) in [6.07, 6.45) is 0. The lowest BCUT2D eigenvalue weighted by atomic mass is 10.2. The molecule has 6 nitrogen and oxygen atoms in total. The van der Waals surface area contributed by atoms with E-state index in [0.29, 0.717) is 16.9 Å². The summed E-state index contributed by atoms with van der Waals surface area (Å²) < 4.78 is 10.8. The van der Waals surface area contributed by atoms with Crippen LogP contribution in [0.15, 0.2) is 46.9 Å². The number of methoxy groups -OCH3 is 1. The van der Waals surface area contributed by atoms with Crippen LogP contribution in [0.1, 0.15) is 0 Å². The van der Waals surface area contributed by atoms with E-state index in [4.69, 9.17) is 9.15 Å². The van der Waals surface area contributed by atoms with Crippen LogP contribution in [-0.2, 0) is 0 Å². The Hall–Kier alpha value is -3.02. The summed E-state index contributed by atoms with van der Waals surface area (Å²) in [4.78, 5) is 0. The molecule has 2 aromatic carbocycles. The quantitative estimate of drug-likeness (QED) is 0.768. The lowest BCUT2D eigenvalue weighted by Gasteiger charge is -2.03. The lowest BCUT2D eigenvalue weighted by molar-refractivity contribution is 0.414. The SMILES string of the molecule is COc1ccccc1-c1nnc(-c2ccc(O)cc2O)o1. The van der Waals surface area contributed by atoms with E-state index in [0.717, 1.165) is 0 Å². The van der Waals surface area contributed by atoms with E-state index < -0.39 is 0 Å². The van der Waals surface area contributed by atoms with Crippen LogP contribution < -0.4 is 4.74 Å². The zero-order valence-electron chi connectivity index (χ0n) is 11.1. The molecule has 0 aliphatic carbocycles. The van der Waals surface area contributed by atoms with Crippen molar-refractivity contribution in [2.24, 2.45) is 0 Å².